The van der Waals surface area contributed by atoms with Gasteiger partial charge in [0.1, 0.15) is 17.3 Å². The zero-order valence-electron chi connectivity index (χ0n) is 15.2. The molecule has 4 nitrogen and oxygen atoms in total. The van der Waals surface area contributed by atoms with Gasteiger partial charge in [0.25, 0.3) is 0 Å². The van der Waals surface area contributed by atoms with Gasteiger partial charge in [-0.15, -0.1) is 0 Å². The summed E-state index contributed by atoms with van der Waals surface area (Å²) in [7, 11) is 0. The van der Waals surface area contributed by atoms with Gasteiger partial charge < -0.3 is 9.73 Å². The summed E-state index contributed by atoms with van der Waals surface area (Å²) in [6.07, 6.45) is 0.861. The Labute approximate surface area is 149 Å². The molecule has 0 unspecified atom stereocenters. The average molecular weight is 346 g/mol. The summed E-state index contributed by atoms with van der Waals surface area (Å²) in [6.45, 7) is 8.87. The van der Waals surface area contributed by atoms with Crippen LogP contribution < -0.4 is 5.32 Å². The Morgan fingerprint density at radius 3 is 2.68 bits per heavy atom. The van der Waals surface area contributed by atoms with Crippen molar-refractivity contribution in [2.45, 2.75) is 39.7 Å². The average Bonchev–Trinajstić information content (AvgIpc) is 3.05. The van der Waals surface area contributed by atoms with Crippen molar-refractivity contribution in [3.05, 3.63) is 48.0 Å². The molecule has 25 heavy (non-hydrogen) atoms. The van der Waals surface area contributed by atoms with Gasteiger partial charge in [0.15, 0.2) is 0 Å². The topological polar surface area (TPSA) is 45.5 Å². The third-order valence-corrected chi connectivity index (χ3v) is 4.26. The van der Waals surface area contributed by atoms with Gasteiger partial charge in [0.05, 0.1) is 5.56 Å². The van der Waals surface area contributed by atoms with Crippen LogP contribution in [0, 0.1) is 5.82 Å². The molecule has 1 heterocycles. The number of likely N-dealkylation sites (N-methyl/N-ethyl adjacent to an activating group) is 1. The van der Waals surface area contributed by atoms with Gasteiger partial charge in [0, 0.05) is 32.0 Å². The second-order valence-electron chi connectivity index (χ2n) is 6.32. The molecule has 1 aromatic carbocycles. The van der Waals surface area contributed by atoms with Crippen LogP contribution in [0.25, 0.3) is 11.3 Å². The van der Waals surface area contributed by atoms with Gasteiger partial charge in [0.2, 0.25) is 5.91 Å². The number of aryl methyl sites for hydroxylation is 1. The van der Waals surface area contributed by atoms with E-state index < -0.39 is 0 Å². The summed E-state index contributed by atoms with van der Waals surface area (Å²) >= 11 is 0. The van der Waals surface area contributed by atoms with Crippen molar-refractivity contribution in [3.8, 4) is 11.3 Å². The fraction of sp³-hybridized carbons (Fsp3) is 0.450. The summed E-state index contributed by atoms with van der Waals surface area (Å²) < 4.78 is 19.4. The minimum atomic E-state index is -0.313. The number of nitrogens with one attached hydrogen (secondary N) is 1. The van der Waals surface area contributed by atoms with Gasteiger partial charge >= 0.3 is 0 Å². The smallest absolute Gasteiger partial charge is 0.220 e. The van der Waals surface area contributed by atoms with E-state index in [0.29, 0.717) is 42.5 Å². The first kappa shape index (κ1) is 19.2. The summed E-state index contributed by atoms with van der Waals surface area (Å²) in [6, 6.07) is 10.5. The molecule has 0 saturated carbocycles. The fourth-order valence-corrected chi connectivity index (χ4v) is 2.76. The quantitative estimate of drug-likeness (QED) is 0.750. The van der Waals surface area contributed by atoms with Crippen molar-refractivity contribution in [1.29, 1.82) is 0 Å². The first-order valence-corrected chi connectivity index (χ1v) is 8.85. The van der Waals surface area contributed by atoms with Crippen LogP contribution in [0.1, 0.15) is 33.0 Å². The van der Waals surface area contributed by atoms with Gasteiger partial charge in [-0.2, -0.15) is 0 Å². The molecule has 1 amide bonds. The van der Waals surface area contributed by atoms with E-state index in [9.17, 15) is 9.18 Å². The third kappa shape index (κ3) is 5.71. The summed E-state index contributed by atoms with van der Waals surface area (Å²) in [4.78, 5) is 14.3. The van der Waals surface area contributed by atoms with E-state index in [1.165, 1.54) is 6.07 Å². The van der Waals surface area contributed by atoms with Crippen LogP contribution in [0.2, 0.25) is 0 Å². The molecule has 0 spiro atoms. The van der Waals surface area contributed by atoms with E-state index in [-0.39, 0.29) is 11.7 Å². The number of halogens is 1. The van der Waals surface area contributed by atoms with Crippen LogP contribution in [-0.4, -0.2) is 36.5 Å². The molecule has 0 aliphatic heterocycles. The van der Waals surface area contributed by atoms with Crippen molar-refractivity contribution in [3.63, 3.8) is 0 Å². The minimum absolute atomic E-state index is 0.00338. The third-order valence-electron chi connectivity index (χ3n) is 4.26. The molecule has 1 N–H and O–H groups in total. The first-order valence-electron chi connectivity index (χ1n) is 8.85. The van der Waals surface area contributed by atoms with Crippen molar-refractivity contribution in [2.75, 3.05) is 19.6 Å². The fourth-order valence-electron chi connectivity index (χ4n) is 2.76. The summed E-state index contributed by atoms with van der Waals surface area (Å²) in [5.41, 5.74) is 0.437. The monoisotopic (exact) mass is 346 g/mol. The molecule has 1 aromatic heterocycles. The Hall–Kier alpha value is -2.14. The standard InChI is InChI=1S/C20H27FN2O2/c1-4-23(15(2)3)14-13-22-20(24)12-10-16-9-11-19(25-16)17-7-5-6-8-18(17)21/h5-9,11,15H,4,10,12-14H2,1-3H3,(H,22,24). The molecule has 0 aliphatic rings. The van der Waals surface area contributed by atoms with E-state index in [1.54, 1.807) is 30.3 Å². The maximum atomic E-state index is 13.8. The van der Waals surface area contributed by atoms with Crippen LogP contribution in [-0.2, 0) is 11.2 Å². The molecule has 0 atom stereocenters. The second-order valence-corrected chi connectivity index (χ2v) is 6.32. The van der Waals surface area contributed by atoms with E-state index in [0.717, 1.165) is 13.1 Å². The van der Waals surface area contributed by atoms with E-state index >= 15 is 0 Å². The lowest BCUT2D eigenvalue weighted by Crippen LogP contribution is -2.38. The Balaban J connectivity index is 1.78. The molecular weight excluding hydrogens is 319 g/mol. The van der Waals surface area contributed by atoms with E-state index in [2.05, 4.69) is 31.0 Å². The summed E-state index contributed by atoms with van der Waals surface area (Å²) in [5, 5.41) is 2.94. The predicted octanol–water partition coefficient (Wildman–Crippen LogP) is 3.86. The van der Waals surface area contributed by atoms with E-state index in [1.807, 2.05) is 0 Å². The maximum absolute atomic E-state index is 13.8. The Bertz CT molecular complexity index is 682. The molecule has 0 aliphatic carbocycles. The number of carbonyl (C=O) groups excluding carboxylic acids is 1. The predicted molar refractivity (Wildman–Crippen MR) is 97.8 cm³/mol. The number of furan rings is 1. The number of carbonyl (C=O) groups is 1. The van der Waals surface area contributed by atoms with Gasteiger partial charge in [-0.05, 0) is 44.7 Å². The Kier molecular flexibility index (Phi) is 7.19. The number of hydrogen-bond donors (Lipinski definition) is 1. The summed E-state index contributed by atoms with van der Waals surface area (Å²) in [5.74, 6) is 0.866. The lowest BCUT2D eigenvalue weighted by atomic mass is 10.1. The minimum Gasteiger partial charge on any atom is -0.461 e. The van der Waals surface area contributed by atoms with Crippen LogP contribution >= 0.6 is 0 Å². The van der Waals surface area contributed by atoms with Crippen molar-refractivity contribution in [2.24, 2.45) is 0 Å². The second kappa shape index (κ2) is 9.37. The molecule has 0 fully saturated rings. The molecule has 0 radical (unpaired) electrons. The highest BCUT2D eigenvalue weighted by Gasteiger charge is 2.11. The molecule has 2 rings (SSSR count). The number of nitrogens with zero attached hydrogens (tertiary/aromatic N) is 1. The molecular formula is C20H27FN2O2. The number of benzene rings is 1. The van der Waals surface area contributed by atoms with Crippen molar-refractivity contribution < 1.29 is 13.6 Å². The van der Waals surface area contributed by atoms with Crippen molar-refractivity contribution >= 4 is 5.91 Å². The normalized spacial score (nSPS) is 11.3. The van der Waals surface area contributed by atoms with Crippen LogP contribution in [0.15, 0.2) is 40.8 Å². The highest BCUT2D eigenvalue weighted by Crippen LogP contribution is 2.25. The highest BCUT2D eigenvalue weighted by atomic mass is 19.1. The van der Waals surface area contributed by atoms with Crippen LogP contribution in [0.5, 0.6) is 0 Å². The maximum Gasteiger partial charge on any atom is 0.220 e. The highest BCUT2D eigenvalue weighted by molar-refractivity contribution is 5.76. The van der Waals surface area contributed by atoms with Gasteiger partial charge in [-0.25, -0.2) is 4.39 Å². The number of rotatable bonds is 9. The largest absolute Gasteiger partial charge is 0.461 e. The molecule has 136 valence electrons. The molecule has 0 saturated heterocycles. The number of amides is 1. The first-order chi connectivity index (χ1) is 12.0. The van der Waals surface area contributed by atoms with Gasteiger partial charge in [-0.3, -0.25) is 9.69 Å². The lowest BCUT2D eigenvalue weighted by Gasteiger charge is -2.24. The lowest BCUT2D eigenvalue weighted by molar-refractivity contribution is -0.121. The SMILES string of the molecule is CCN(CCNC(=O)CCc1ccc(-c2ccccc2F)o1)C(C)C. The van der Waals surface area contributed by atoms with Crippen LogP contribution in [0.4, 0.5) is 4.39 Å². The zero-order chi connectivity index (χ0) is 18.2. The van der Waals surface area contributed by atoms with Crippen molar-refractivity contribution in [1.82, 2.24) is 10.2 Å². The Morgan fingerprint density at radius 2 is 2.00 bits per heavy atom. The van der Waals surface area contributed by atoms with Gasteiger partial charge in [-0.1, -0.05) is 19.1 Å². The molecule has 0 bridgehead atoms. The molecule has 2 aromatic rings. The molecule has 5 heteroatoms. The Morgan fingerprint density at radius 1 is 1.24 bits per heavy atom. The van der Waals surface area contributed by atoms with E-state index in [4.69, 9.17) is 4.42 Å². The number of hydrogen-bond acceptors (Lipinski definition) is 3. The zero-order valence-corrected chi connectivity index (χ0v) is 15.2. The van der Waals surface area contributed by atoms with Crippen LogP contribution in [0.3, 0.4) is 0 Å².